The number of fused-ring (bicyclic) bond motifs is 1. The first-order chi connectivity index (χ1) is 8.71. The number of hydrogen-bond acceptors (Lipinski definition) is 3. The Kier molecular flexibility index (Phi) is 3.19. The summed E-state index contributed by atoms with van der Waals surface area (Å²) in [6, 6.07) is 5.89. The van der Waals surface area contributed by atoms with Crippen LogP contribution in [0.1, 0.15) is 38.3 Å². The topological polar surface area (TPSA) is 66.6 Å². The number of nitrogens with zero attached hydrogens (tertiary/aromatic N) is 1. The Morgan fingerprint density at radius 3 is 2.63 bits per heavy atom. The molecule has 19 heavy (non-hydrogen) atoms. The molecule has 0 aliphatic carbocycles. The van der Waals surface area contributed by atoms with E-state index in [1.165, 1.54) is 0 Å². The fourth-order valence-corrected chi connectivity index (χ4v) is 2.70. The largest absolute Gasteiger partial charge is 0.396 e. The van der Waals surface area contributed by atoms with E-state index in [0.29, 0.717) is 6.42 Å². The summed E-state index contributed by atoms with van der Waals surface area (Å²) >= 11 is 0. The van der Waals surface area contributed by atoms with Crippen LogP contribution in [0.2, 0.25) is 0 Å². The van der Waals surface area contributed by atoms with Gasteiger partial charge in [0.1, 0.15) is 0 Å². The van der Waals surface area contributed by atoms with E-state index in [1.54, 1.807) is 11.9 Å². The Hall–Kier alpha value is -1.39. The summed E-state index contributed by atoms with van der Waals surface area (Å²) in [5, 5.41) is 9.10. The molecule has 1 aromatic carbocycles. The Morgan fingerprint density at radius 2 is 2.05 bits per heavy atom. The zero-order valence-corrected chi connectivity index (χ0v) is 12.0. The lowest BCUT2D eigenvalue weighted by molar-refractivity contribution is -0.121. The van der Waals surface area contributed by atoms with Crippen LogP contribution in [0.5, 0.6) is 0 Å². The molecule has 4 nitrogen and oxygen atoms in total. The summed E-state index contributed by atoms with van der Waals surface area (Å²) in [6.07, 6.45) is 0.496. The molecule has 0 saturated carbocycles. The van der Waals surface area contributed by atoms with Crippen LogP contribution in [-0.2, 0) is 15.7 Å². The first-order valence-electron chi connectivity index (χ1n) is 6.55. The second-order valence-corrected chi connectivity index (χ2v) is 6.11. The molecule has 2 rings (SSSR count). The quantitative estimate of drug-likeness (QED) is 0.867. The van der Waals surface area contributed by atoms with Gasteiger partial charge in [-0.3, -0.25) is 4.79 Å². The van der Waals surface area contributed by atoms with E-state index in [4.69, 9.17) is 10.8 Å². The average Bonchev–Trinajstić information content (AvgIpc) is 2.51. The summed E-state index contributed by atoms with van der Waals surface area (Å²) in [7, 11) is 1.80. The van der Waals surface area contributed by atoms with Crippen LogP contribution in [-0.4, -0.2) is 24.7 Å². The third-order valence-corrected chi connectivity index (χ3v) is 4.16. The maximum atomic E-state index is 12.2. The van der Waals surface area contributed by atoms with Gasteiger partial charge in [0.15, 0.2) is 0 Å². The van der Waals surface area contributed by atoms with E-state index in [0.717, 1.165) is 16.8 Å². The summed E-state index contributed by atoms with van der Waals surface area (Å²) in [4.78, 5) is 13.9. The molecule has 1 unspecified atom stereocenters. The van der Waals surface area contributed by atoms with Crippen LogP contribution < -0.4 is 10.6 Å². The van der Waals surface area contributed by atoms with E-state index in [2.05, 4.69) is 0 Å². The van der Waals surface area contributed by atoms with Crippen molar-refractivity contribution >= 4 is 11.6 Å². The first-order valence-corrected chi connectivity index (χ1v) is 6.55. The zero-order chi connectivity index (χ0) is 14.4. The minimum atomic E-state index is -0.579. The van der Waals surface area contributed by atoms with Gasteiger partial charge in [0.05, 0.1) is 5.41 Å². The minimum Gasteiger partial charge on any atom is -0.396 e. The average molecular weight is 262 g/mol. The fourth-order valence-electron chi connectivity index (χ4n) is 2.70. The van der Waals surface area contributed by atoms with Gasteiger partial charge in [-0.25, -0.2) is 0 Å². The summed E-state index contributed by atoms with van der Waals surface area (Å²) in [5.41, 5.74) is 8.05. The number of carbonyl (C=O) groups excluding carboxylic acids is 1. The second kappa shape index (κ2) is 4.32. The van der Waals surface area contributed by atoms with Gasteiger partial charge >= 0.3 is 0 Å². The van der Waals surface area contributed by atoms with Gasteiger partial charge in [0, 0.05) is 24.9 Å². The molecule has 1 atom stereocenters. The predicted octanol–water partition coefficient (Wildman–Crippen LogP) is 1.50. The molecule has 3 N–H and O–H groups in total. The highest BCUT2D eigenvalue weighted by Gasteiger charge is 2.42. The van der Waals surface area contributed by atoms with Gasteiger partial charge in [-0.1, -0.05) is 12.1 Å². The van der Waals surface area contributed by atoms with E-state index in [1.807, 2.05) is 39.0 Å². The van der Waals surface area contributed by atoms with Crippen molar-refractivity contribution in [2.45, 2.75) is 38.1 Å². The van der Waals surface area contributed by atoms with Gasteiger partial charge in [-0.2, -0.15) is 0 Å². The molecule has 1 aliphatic heterocycles. The van der Waals surface area contributed by atoms with Gasteiger partial charge in [-0.15, -0.1) is 0 Å². The normalized spacial score (nSPS) is 20.3. The highest BCUT2D eigenvalue weighted by atomic mass is 16.3. The molecule has 0 fully saturated rings. The van der Waals surface area contributed by atoms with Crippen molar-refractivity contribution in [1.82, 2.24) is 0 Å². The smallest absolute Gasteiger partial charge is 0.236 e. The molecule has 104 valence electrons. The maximum Gasteiger partial charge on any atom is 0.236 e. The molecule has 0 bridgehead atoms. The lowest BCUT2D eigenvalue weighted by Gasteiger charge is -2.26. The molecule has 1 aliphatic rings. The number of carbonyl (C=O) groups is 1. The lowest BCUT2D eigenvalue weighted by Crippen LogP contribution is -2.35. The second-order valence-electron chi connectivity index (χ2n) is 6.11. The van der Waals surface area contributed by atoms with Gasteiger partial charge in [0.25, 0.3) is 0 Å². The maximum absolute atomic E-state index is 12.2. The Morgan fingerprint density at radius 1 is 1.42 bits per heavy atom. The molecule has 1 amide bonds. The van der Waals surface area contributed by atoms with Crippen LogP contribution in [0.15, 0.2) is 18.2 Å². The highest BCUT2D eigenvalue weighted by molar-refractivity contribution is 6.07. The van der Waals surface area contributed by atoms with E-state index >= 15 is 0 Å². The first kappa shape index (κ1) is 14.0. The predicted molar refractivity (Wildman–Crippen MR) is 76.1 cm³/mol. The van der Waals surface area contributed by atoms with Gasteiger partial charge < -0.3 is 15.7 Å². The molecule has 0 radical (unpaired) electrons. The zero-order valence-electron chi connectivity index (χ0n) is 12.0. The highest BCUT2D eigenvalue weighted by Crippen LogP contribution is 2.42. The van der Waals surface area contributed by atoms with Crippen LogP contribution >= 0.6 is 0 Å². The number of aliphatic hydroxyl groups excluding tert-OH is 1. The fraction of sp³-hybridized carbons (Fsp3) is 0.533. The number of anilines is 1. The number of amides is 1. The summed E-state index contributed by atoms with van der Waals surface area (Å²) in [5.74, 6) is 0.0977. The van der Waals surface area contributed by atoms with Crippen molar-refractivity contribution in [3.63, 3.8) is 0 Å². The number of benzene rings is 1. The van der Waals surface area contributed by atoms with Crippen LogP contribution in [0, 0.1) is 0 Å². The van der Waals surface area contributed by atoms with Crippen molar-refractivity contribution in [2.24, 2.45) is 5.73 Å². The Bertz CT molecular complexity index is 521. The van der Waals surface area contributed by atoms with Crippen molar-refractivity contribution in [3.8, 4) is 0 Å². The van der Waals surface area contributed by atoms with E-state index in [-0.39, 0.29) is 12.5 Å². The molecule has 0 aromatic heterocycles. The molecular formula is C15H22N2O2. The molecule has 0 saturated heterocycles. The van der Waals surface area contributed by atoms with Crippen molar-refractivity contribution in [3.05, 3.63) is 29.3 Å². The van der Waals surface area contributed by atoms with Crippen molar-refractivity contribution in [1.29, 1.82) is 0 Å². The molecular weight excluding hydrogens is 240 g/mol. The molecule has 4 heteroatoms. The van der Waals surface area contributed by atoms with Crippen molar-refractivity contribution < 1.29 is 9.90 Å². The van der Waals surface area contributed by atoms with Crippen LogP contribution in [0.4, 0.5) is 5.69 Å². The van der Waals surface area contributed by atoms with E-state index in [9.17, 15) is 4.79 Å². The summed E-state index contributed by atoms with van der Waals surface area (Å²) in [6.45, 7) is 5.81. The molecule has 1 heterocycles. The minimum absolute atomic E-state index is 0.0479. The number of likely N-dealkylation sites (N-methyl/N-ethyl adjacent to an activating group) is 1. The van der Waals surface area contributed by atoms with Gasteiger partial charge in [-0.05, 0) is 44.4 Å². The summed E-state index contributed by atoms with van der Waals surface area (Å²) < 4.78 is 0. The van der Waals surface area contributed by atoms with Crippen LogP contribution in [0.25, 0.3) is 0 Å². The Balaban J connectivity index is 2.52. The third-order valence-electron chi connectivity index (χ3n) is 4.16. The lowest BCUT2D eigenvalue weighted by atomic mass is 9.82. The van der Waals surface area contributed by atoms with Crippen molar-refractivity contribution in [2.75, 3.05) is 18.6 Å². The number of aliphatic hydroxyl groups is 1. The number of hydrogen-bond donors (Lipinski definition) is 2. The number of rotatable bonds is 3. The van der Waals surface area contributed by atoms with Crippen LogP contribution in [0.3, 0.4) is 0 Å². The SMILES string of the molecule is CN1C(=O)C(C)(C)c2cc(C(C)(N)CCO)ccc21. The van der Waals surface area contributed by atoms with E-state index < -0.39 is 11.0 Å². The third kappa shape index (κ3) is 2.05. The number of nitrogens with two attached hydrogens (primary N) is 1. The van der Waals surface area contributed by atoms with Gasteiger partial charge in [0.2, 0.25) is 5.91 Å². The Labute approximate surface area is 114 Å². The molecule has 0 spiro atoms. The molecule has 1 aromatic rings. The monoisotopic (exact) mass is 262 g/mol. The standard InChI is InChI=1S/C15H22N2O2/c1-14(2)11-9-10(15(3,16)7-8-18)5-6-12(11)17(4)13(14)19/h5-6,9,18H,7-8,16H2,1-4H3.